The summed E-state index contributed by atoms with van der Waals surface area (Å²) in [5.74, 6) is 0. The first-order valence-electron chi connectivity index (χ1n) is 5.65. The molecule has 1 heterocycles. The zero-order valence-corrected chi connectivity index (χ0v) is 11.7. The third kappa shape index (κ3) is 3.64. The molecule has 98 valence electrons. The molecule has 0 radical (unpaired) electrons. The third-order valence-corrected chi connectivity index (χ3v) is 5.45. The fourth-order valence-corrected chi connectivity index (χ4v) is 3.75. The van der Waals surface area contributed by atoms with Gasteiger partial charge >= 0.3 is 0 Å². The first-order valence-corrected chi connectivity index (χ1v) is 7.95. The Morgan fingerprint density at radius 1 is 1.16 bits per heavy atom. The van der Waals surface area contributed by atoms with Crippen LogP contribution in [0.2, 0.25) is 0 Å². The minimum Gasteiger partial charge on any atom is -0.210 e. The summed E-state index contributed by atoms with van der Waals surface area (Å²) < 4.78 is 26.6. The van der Waals surface area contributed by atoms with Crippen LogP contribution in [0.3, 0.4) is 0 Å². The monoisotopic (exact) mass is 292 g/mol. The van der Waals surface area contributed by atoms with Crippen LogP contribution >= 0.6 is 11.3 Å². The van der Waals surface area contributed by atoms with Crippen molar-refractivity contribution in [3.63, 3.8) is 0 Å². The molecule has 0 aliphatic heterocycles. The average Bonchev–Trinajstić information content (AvgIpc) is 2.89. The third-order valence-electron chi connectivity index (χ3n) is 2.50. The lowest BCUT2D eigenvalue weighted by Gasteiger charge is -2.04. The molecule has 0 aliphatic carbocycles. The van der Waals surface area contributed by atoms with Gasteiger partial charge in [-0.2, -0.15) is 5.26 Å². The topological polar surface area (TPSA) is 70.0 Å². The summed E-state index contributed by atoms with van der Waals surface area (Å²) in [6, 6.07) is 14.6. The Balaban J connectivity index is 1.97. The molecule has 0 fully saturated rings. The van der Waals surface area contributed by atoms with Crippen LogP contribution in [0.15, 0.2) is 46.7 Å². The zero-order valence-electron chi connectivity index (χ0n) is 10.0. The summed E-state index contributed by atoms with van der Waals surface area (Å²) >= 11 is 0.974. The van der Waals surface area contributed by atoms with Crippen LogP contribution in [0.1, 0.15) is 10.4 Å². The van der Waals surface area contributed by atoms with Gasteiger partial charge in [-0.3, -0.25) is 0 Å². The van der Waals surface area contributed by atoms with Gasteiger partial charge in [-0.05, 0) is 24.1 Å². The molecule has 1 N–H and O–H groups in total. The summed E-state index contributed by atoms with van der Waals surface area (Å²) in [7, 11) is -3.50. The number of nitrogens with one attached hydrogen (secondary N) is 1. The van der Waals surface area contributed by atoms with Crippen molar-refractivity contribution >= 4 is 21.4 Å². The van der Waals surface area contributed by atoms with Gasteiger partial charge in [0.25, 0.3) is 0 Å². The van der Waals surface area contributed by atoms with E-state index in [1.54, 1.807) is 0 Å². The van der Waals surface area contributed by atoms with E-state index in [-0.39, 0.29) is 4.21 Å². The second kappa shape index (κ2) is 5.97. The van der Waals surface area contributed by atoms with Crippen molar-refractivity contribution in [2.75, 3.05) is 6.54 Å². The fraction of sp³-hybridized carbons (Fsp3) is 0.154. The smallest absolute Gasteiger partial charge is 0.210 e. The van der Waals surface area contributed by atoms with Gasteiger partial charge in [0.1, 0.15) is 15.2 Å². The number of benzene rings is 1. The Kier molecular flexibility index (Phi) is 4.32. The highest BCUT2D eigenvalue weighted by Crippen LogP contribution is 2.20. The van der Waals surface area contributed by atoms with Gasteiger partial charge in [0.05, 0.1) is 0 Å². The van der Waals surface area contributed by atoms with Crippen molar-refractivity contribution in [3.8, 4) is 6.07 Å². The number of hydrogen-bond acceptors (Lipinski definition) is 4. The van der Waals surface area contributed by atoms with Crippen LogP contribution in [0.4, 0.5) is 0 Å². The standard InChI is InChI=1S/C13H12N2O2S2/c14-10-12-6-7-13(18-12)19(16,17)15-9-8-11-4-2-1-3-5-11/h1-7,15H,8-9H2. The molecule has 4 nitrogen and oxygen atoms in total. The highest BCUT2D eigenvalue weighted by molar-refractivity contribution is 7.91. The van der Waals surface area contributed by atoms with E-state index in [1.807, 2.05) is 36.4 Å². The lowest BCUT2D eigenvalue weighted by atomic mass is 10.2. The van der Waals surface area contributed by atoms with Gasteiger partial charge in [-0.25, -0.2) is 13.1 Å². The number of nitrogens with zero attached hydrogens (tertiary/aromatic N) is 1. The molecule has 0 atom stereocenters. The maximum Gasteiger partial charge on any atom is 0.250 e. The zero-order chi connectivity index (χ0) is 13.7. The van der Waals surface area contributed by atoms with Gasteiger partial charge in [0, 0.05) is 6.54 Å². The molecule has 0 saturated carbocycles. The molecule has 2 rings (SSSR count). The van der Waals surface area contributed by atoms with E-state index in [2.05, 4.69) is 4.72 Å². The van der Waals surface area contributed by atoms with E-state index >= 15 is 0 Å². The van der Waals surface area contributed by atoms with Gasteiger partial charge in [-0.15, -0.1) is 11.3 Å². The molecule has 0 saturated heterocycles. The Morgan fingerprint density at radius 2 is 1.89 bits per heavy atom. The van der Waals surface area contributed by atoms with Crippen molar-refractivity contribution in [1.29, 1.82) is 5.26 Å². The van der Waals surface area contributed by atoms with Gasteiger partial charge in [0.15, 0.2) is 0 Å². The first kappa shape index (κ1) is 13.7. The average molecular weight is 292 g/mol. The highest BCUT2D eigenvalue weighted by Gasteiger charge is 2.15. The van der Waals surface area contributed by atoms with Crippen LogP contribution in [0, 0.1) is 11.3 Å². The summed E-state index contributed by atoms with van der Waals surface area (Å²) in [5, 5.41) is 8.69. The van der Waals surface area contributed by atoms with Crippen molar-refractivity contribution in [2.24, 2.45) is 0 Å². The maximum absolute atomic E-state index is 11.9. The maximum atomic E-state index is 11.9. The second-order valence-corrected chi connectivity index (χ2v) is 6.94. The molecular weight excluding hydrogens is 280 g/mol. The first-order chi connectivity index (χ1) is 9.12. The van der Waals surface area contributed by atoms with Crippen molar-refractivity contribution in [2.45, 2.75) is 10.6 Å². The molecule has 6 heteroatoms. The van der Waals surface area contributed by atoms with Crippen molar-refractivity contribution < 1.29 is 8.42 Å². The van der Waals surface area contributed by atoms with Crippen molar-refractivity contribution in [1.82, 2.24) is 4.72 Å². The largest absolute Gasteiger partial charge is 0.250 e. The molecule has 0 unspecified atom stereocenters. The lowest BCUT2D eigenvalue weighted by Crippen LogP contribution is -2.25. The van der Waals surface area contributed by atoms with Crippen molar-refractivity contribution in [3.05, 3.63) is 52.9 Å². The van der Waals surface area contributed by atoms with Crippen LogP contribution in [0.25, 0.3) is 0 Å². The van der Waals surface area contributed by atoms with E-state index in [9.17, 15) is 8.42 Å². The molecule has 0 bridgehead atoms. The van der Waals surface area contributed by atoms with Crippen LogP contribution in [-0.4, -0.2) is 15.0 Å². The molecule has 1 aromatic heterocycles. The van der Waals surface area contributed by atoms with Gasteiger partial charge in [0.2, 0.25) is 10.0 Å². The minimum absolute atomic E-state index is 0.178. The van der Waals surface area contributed by atoms with E-state index in [1.165, 1.54) is 12.1 Å². The quantitative estimate of drug-likeness (QED) is 0.918. The van der Waals surface area contributed by atoms with Crippen LogP contribution in [0.5, 0.6) is 0 Å². The number of rotatable bonds is 5. The summed E-state index contributed by atoms with van der Waals surface area (Å²) in [4.78, 5) is 0.392. The Hall–Kier alpha value is -1.68. The predicted molar refractivity (Wildman–Crippen MR) is 74.4 cm³/mol. The Morgan fingerprint density at radius 3 is 2.53 bits per heavy atom. The predicted octanol–water partition coefficient (Wildman–Crippen LogP) is 2.14. The van der Waals surface area contributed by atoms with Gasteiger partial charge in [-0.1, -0.05) is 30.3 Å². The van der Waals surface area contributed by atoms with Crippen LogP contribution in [-0.2, 0) is 16.4 Å². The molecule has 19 heavy (non-hydrogen) atoms. The normalized spacial score (nSPS) is 11.1. The Bertz CT molecular complexity index is 685. The fourth-order valence-electron chi connectivity index (χ4n) is 1.57. The molecule has 0 amide bonds. The van der Waals surface area contributed by atoms with Gasteiger partial charge < -0.3 is 0 Å². The number of hydrogen-bond donors (Lipinski definition) is 1. The number of thiophene rings is 1. The van der Waals surface area contributed by atoms with E-state index < -0.39 is 10.0 Å². The molecule has 0 spiro atoms. The lowest BCUT2D eigenvalue weighted by molar-refractivity contribution is 0.584. The molecular formula is C13H12N2O2S2. The summed E-state index contributed by atoms with van der Waals surface area (Å²) in [6.45, 7) is 0.339. The number of sulfonamides is 1. The number of nitriles is 1. The minimum atomic E-state index is -3.50. The summed E-state index contributed by atoms with van der Waals surface area (Å²) in [6.07, 6.45) is 0.635. The Labute approximate surface area is 116 Å². The van der Waals surface area contributed by atoms with E-state index in [0.717, 1.165) is 16.9 Å². The molecule has 2 aromatic rings. The van der Waals surface area contributed by atoms with E-state index in [4.69, 9.17) is 5.26 Å². The second-order valence-electron chi connectivity index (χ2n) is 3.86. The highest BCUT2D eigenvalue weighted by atomic mass is 32.2. The summed E-state index contributed by atoms with van der Waals surface area (Å²) in [5.41, 5.74) is 1.08. The SMILES string of the molecule is N#Cc1ccc(S(=O)(=O)NCCc2ccccc2)s1. The van der Waals surface area contributed by atoms with Crippen LogP contribution < -0.4 is 4.72 Å². The molecule has 0 aliphatic rings. The molecule has 1 aromatic carbocycles. The van der Waals surface area contributed by atoms with E-state index in [0.29, 0.717) is 17.8 Å².